The third-order valence-corrected chi connectivity index (χ3v) is 4.87. The molecule has 1 heterocycles. The van der Waals surface area contributed by atoms with E-state index in [1.165, 1.54) is 57.7 Å². The van der Waals surface area contributed by atoms with Crippen molar-refractivity contribution in [2.75, 3.05) is 45.8 Å². The molecule has 0 aromatic heterocycles. The maximum atomic E-state index is 11.8. The summed E-state index contributed by atoms with van der Waals surface area (Å²) in [6.07, 6.45) is 4.95. The average Bonchev–Trinajstić information content (AvgIpc) is 2.64. The molecule has 1 N–H and O–H groups in total. The van der Waals surface area contributed by atoms with Gasteiger partial charge in [0.2, 0.25) is 5.91 Å². The van der Waals surface area contributed by atoms with Crippen LogP contribution in [-0.2, 0) is 11.2 Å². The summed E-state index contributed by atoms with van der Waals surface area (Å²) in [5, 5.41) is 3.05. The number of carbonyl (C=O) groups is 1. The Morgan fingerprint density at radius 2 is 1.71 bits per heavy atom. The number of hydrogen-bond donors (Lipinski definition) is 1. The van der Waals surface area contributed by atoms with Gasteiger partial charge in [0.15, 0.2) is 0 Å². The van der Waals surface area contributed by atoms with Gasteiger partial charge in [-0.3, -0.25) is 4.79 Å². The molecule has 0 radical (unpaired) electrons. The second-order valence-corrected chi connectivity index (χ2v) is 6.67. The van der Waals surface area contributed by atoms with Gasteiger partial charge in [-0.25, -0.2) is 0 Å². The highest BCUT2D eigenvalue weighted by molar-refractivity contribution is 5.76. The number of unbranched alkanes of at least 4 members (excludes halogenated alkanes) is 2. The predicted octanol–water partition coefficient (Wildman–Crippen LogP) is 2.54. The van der Waals surface area contributed by atoms with E-state index < -0.39 is 0 Å². The van der Waals surface area contributed by atoms with Crippen molar-refractivity contribution in [1.82, 2.24) is 15.1 Å². The Hall–Kier alpha value is -1.39. The summed E-state index contributed by atoms with van der Waals surface area (Å²) in [5.41, 5.74) is 1.23. The zero-order valence-corrected chi connectivity index (χ0v) is 15.2. The van der Waals surface area contributed by atoms with E-state index in [-0.39, 0.29) is 5.91 Å². The van der Waals surface area contributed by atoms with Gasteiger partial charge in [0.05, 0.1) is 0 Å². The summed E-state index contributed by atoms with van der Waals surface area (Å²) < 4.78 is 0. The fourth-order valence-electron chi connectivity index (χ4n) is 3.19. The lowest BCUT2D eigenvalue weighted by Crippen LogP contribution is -2.46. The lowest BCUT2D eigenvalue weighted by molar-refractivity contribution is -0.121. The molecule has 4 heteroatoms. The molecule has 0 aliphatic carbocycles. The minimum atomic E-state index is 0.176. The molecule has 1 aliphatic rings. The van der Waals surface area contributed by atoms with Crippen molar-refractivity contribution in [3.05, 3.63) is 35.9 Å². The highest BCUT2D eigenvalue weighted by Gasteiger charge is 2.14. The standard InChI is InChI=1S/C20H33N3O/c1-2-22-15-17-23(18-16-22)14-8-4-7-13-21-20(24)12-11-19-9-5-3-6-10-19/h3,5-6,9-10H,2,4,7-8,11-18H2,1H3,(H,21,24). The van der Waals surface area contributed by atoms with E-state index in [4.69, 9.17) is 0 Å². The van der Waals surface area contributed by atoms with Gasteiger partial charge in [-0.2, -0.15) is 0 Å². The van der Waals surface area contributed by atoms with Crippen LogP contribution >= 0.6 is 0 Å². The fourth-order valence-corrected chi connectivity index (χ4v) is 3.19. The van der Waals surface area contributed by atoms with Crippen molar-refractivity contribution in [1.29, 1.82) is 0 Å². The molecule has 0 unspecified atom stereocenters. The average molecular weight is 332 g/mol. The van der Waals surface area contributed by atoms with Gasteiger partial charge >= 0.3 is 0 Å². The maximum Gasteiger partial charge on any atom is 0.220 e. The number of carbonyl (C=O) groups excluding carboxylic acids is 1. The molecule has 4 nitrogen and oxygen atoms in total. The molecular formula is C20H33N3O. The zero-order valence-electron chi connectivity index (χ0n) is 15.2. The highest BCUT2D eigenvalue weighted by atomic mass is 16.1. The van der Waals surface area contributed by atoms with Gasteiger partial charge in [-0.1, -0.05) is 43.7 Å². The molecular weight excluding hydrogens is 298 g/mol. The number of nitrogens with zero attached hydrogens (tertiary/aromatic N) is 2. The maximum absolute atomic E-state index is 11.8. The second kappa shape index (κ2) is 11.2. The summed E-state index contributed by atoms with van der Waals surface area (Å²) in [6.45, 7) is 10.3. The molecule has 0 spiro atoms. The third-order valence-electron chi connectivity index (χ3n) is 4.87. The van der Waals surface area contributed by atoms with Crippen molar-refractivity contribution < 1.29 is 4.79 Å². The predicted molar refractivity (Wildman–Crippen MR) is 100 cm³/mol. The molecule has 2 rings (SSSR count). The second-order valence-electron chi connectivity index (χ2n) is 6.67. The summed E-state index contributed by atoms with van der Waals surface area (Å²) in [7, 11) is 0. The van der Waals surface area contributed by atoms with Crippen molar-refractivity contribution in [2.24, 2.45) is 0 Å². The molecule has 24 heavy (non-hydrogen) atoms. The number of amides is 1. The molecule has 134 valence electrons. The molecule has 1 aromatic rings. The van der Waals surface area contributed by atoms with Crippen molar-refractivity contribution >= 4 is 5.91 Å². The van der Waals surface area contributed by atoms with Crippen LogP contribution in [0.4, 0.5) is 0 Å². The van der Waals surface area contributed by atoms with Crippen LogP contribution in [0.5, 0.6) is 0 Å². The lowest BCUT2D eigenvalue weighted by Gasteiger charge is -2.33. The summed E-state index contributed by atoms with van der Waals surface area (Å²) in [6, 6.07) is 10.2. The van der Waals surface area contributed by atoms with E-state index in [1.807, 2.05) is 18.2 Å². The molecule has 0 saturated carbocycles. The number of nitrogens with one attached hydrogen (secondary N) is 1. The SMILES string of the molecule is CCN1CCN(CCCCCNC(=O)CCc2ccccc2)CC1. The van der Waals surface area contributed by atoms with Crippen LogP contribution in [0, 0.1) is 0 Å². The number of rotatable bonds is 10. The molecule has 0 atom stereocenters. The van der Waals surface area contributed by atoms with Gasteiger partial charge in [-0.15, -0.1) is 0 Å². The first-order valence-corrected chi connectivity index (χ1v) is 9.53. The van der Waals surface area contributed by atoms with Crippen LogP contribution in [-0.4, -0.2) is 61.5 Å². The van der Waals surface area contributed by atoms with Crippen LogP contribution in [0.25, 0.3) is 0 Å². The van der Waals surface area contributed by atoms with E-state index >= 15 is 0 Å². The fraction of sp³-hybridized carbons (Fsp3) is 0.650. The number of aryl methyl sites for hydroxylation is 1. The minimum absolute atomic E-state index is 0.176. The molecule has 1 aliphatic heterocycles. The molecule has 1 aromatic carbocycles. The molecule has 1 amide bonds. The van der Waals surface area contributed by atoms with Crippen LogP contribution in [0.2, 0.25) is 0 Å². The number of benzene rings is 1. The Morgan fingerprint density at radius 1 is 1.00 bits per heavy atom. The largest absolute Gasteiger partial charge is 0.356 e. The van der Waals surface area contributed by atoms with Gasteiger partial charge in [0.1, 0.15) is 0 Å². The summed E-state index contributed by atoms with van der Waals surface area (Å²) in [4.78, 5) is 16.9. The van der Waals surface area contributed by atoms with E-state index in [9.17, 15) is 4.79 Å². The van der Waals surface area contributed by atoms with Crippen molar-refractivity contribution in [2.45, 2.75) is 39.0 Å². The van der Waals surface area contributed by atoms with E-state index in [0.29, 0.717) is 6.42 Å². The summed E-state index contributed by atoms with van der Waals surface area (Å²) >= 11 is 0. The third kappa shape index (κ3) is 7.45. The van der Waals surface area contributed by atoms with Crippen LogP contribution in [0.1, 0.15) is 38.2 Å². The Balaban J connectivity index is 1.43. The van der Waals surface area contributed by atoms with E-state index in [1.54, 1.807) is 0 Å². The smallest absolute Gasteiger partial charge is 0.220 e. The quantitative estimate of drug-likeness (QED) is 0.669. The zero-order chi connectivity index (χ0) is 17.0. The monoisotopic (exact) mass is 331 g/mol. The number of piperazine rings is 1. The first-order chi connectivity index (χ1) is 11.8. The highest BCUT2D eigenvalue weighted by Crippen LogP contribution is 2.05. The Kier molecular flexibility index (Phi) is 8.85. The first kappa shape index (κ1) is 18.9. The van der Waals surface area contributed by atoms with E-state index in [2.05, 4.69) is 34.2 Å². The number of likely N-dealkylation sites (N-methyl/N-ethyl adjacent to an activating group) is 1. The minimum Gasteiger partial charge on any atom is -0.356 e. The van der Waals surface area contributed by atoms with Crippen LogP contribution in [0.15, 0.2) is 30.3 Å². The van der Waals surface area contributed by atoms with Crippen molar-refractivity contribution in [3.8, 4) is 0 Å². The van der Waals surface area contributed by atoms with E-state index in [0.717, 1.165) is 19.4 Å². The summed E-state index contributed by atoms with van der Waals surface area (Å²) in [5.74, 6) is 0.176. The number of hydrogen-bond acceptors (Lipinski definition) is 3. The topological polar surface area (TPSA) is 35.6 Å². The van der Waals surface area contributed by atoms with Gasteiger partial charge in [-0.05, 0) is 37.9 Å². The lowest BCUT2D eigenvalue weighted by atomic mass is 10.1. The van der Waals surface area contributed by atoms with Crippen LogP contribution < -0.4 is 5.32 Å². The van der Waals surface area contributed by atoms with Crippen LogP contribution in [0.3, 0.4) is 0 Å². The Morgan fingerprint density at radius 3 is 2.42 bits per heavy atom. The molecule has 1 fully saturated rings. The Bertz CT molecular complexity index is 455. The molecule has 1 saturated heterocycles. The Labute approximate surface area is 147 Å². The van der Waals surface area contributed by atoms with Crippen molar-refractivity contribution in [3.63, 3.8) is 0 Å². The normalized spacial score (nSPS) is 16.2. The van der Waals surface area contributed by atoms with Gasteiger partial charge in [0, 0.05) is 39.1 Å². The van der Waals surface area contributed by atoms with Gasteiger partial charge < -0.3 is 15.1 Å². The first-order valence-electron chi connectivity index (χ1n) is 9.53. The molecule has 0 bridgehead atoms. The van der Waals surface area contributed by atoms with Gasteiger partial charge in [0.25, 0.3) is 0 Å².